The number of hydrogen-bond acceptors (Lipinski definition) is 3. The largest absolute Gasteiger partial charge is 0.356 e. The normalized spacial score (nSPS) is 19.9. The third kappa shape index (κ3) is 3.31. The number of rotatable bonds is 4. The minimum Gasteiger partial charge on any atom is -0.356 e. The average Bonchev–Trinajstić information content (AvgIpc) is 3.26. The predicted molar refractivity (Wildman–Crippen MR) is 117 cm³/mol. The Hall–Kier alpha value is -2.99. The maximum absolute atomic E-state index is 13.7. The Balaban J connectivity index is 1.64. The molecular formula is C25H21NO3S. The molecule has 4 nitrogen and oxygen atoms in total. The summed E-state index contributed by atoms with van der Waals surface area (Å²) in [6.07, 6.45) is -0.673. The van der Waals surface area contributed by atoms with Gasteiger partial charge in [0.1, 0.15) is 0 Å². The Morgan fingerprint density at radius 1 is 0.700 bits per heavy atom. The van der Waals surface area contributed by atoms with Gasteiger partial charge in [0.25, 0.3) is 0 Å². The van der Waals surface area contributed by atoms with Crippen molar-refractivity contribution in [3.05, 3.63) is 114 Å². The van der Waals surface area contributed by atoms with Crippen molar-refractivity contribution < 1.29 is 13.2 Å². The van der Waals surface area contributed by atoms with E-state index in [-0.39, 0.29) is 4.90 Å². The fraction of sp³-hybridized carbons (Fsp3) is 0.120. The summed E-state index contributed by atoms with van der Waals surface area (Å²) >= 11 is 0. The van der Waals surface area contributed by atoms with Gasteiger partial charge in [0.2, 0.25) is 10.0 Å². The summed E-state index contributed by atoms with van der Waals surface area (Å²) in [5.41, 5.74) is 1.74. The lowest BCUT2D eigenvalue weighted by molar-refractivity contribution is 0.0681. The molecule has 1 fully saturated rings. The van der Waals surface area contributed by atoms with Crippen molar-refractivity contribution in [3.8, 4) is 0 Å². The van der Waals surface area contributed by atoms with Crippen LogP contribution in [0.5, 0.6) is 0 Å². The zero-order chi connectivity index (χ0) is 20.6. The highest BCUT2D eigenvalue weighted by molar-refractivity contribution is 7.89. The molecule has 1 saturated heterocycles. The van der Waals surface area contributed by atoms with Crippen molar-refractivity contribution in [2.45, 2.75) is 17.2 Å². The average molecular weight is 416 g/mol. The summed E-state index contributed by atoms with van der Waals surface area (Å²) in [7, 11) is -3.78. The van der Waals surface area contributed by atoms with Gasteiger partial charge in [-0.3, -0.25) is 0 Å². The summed E-state index contributed by atoms with van der Waals surface area (Å²) in [6.45, 7) is 0.296. The maximum atomic E-state index is 13.7. The van der Waals surface area contributed by atoms with E-state index in [9.17, 15) is 8.42 Å². The van der Waals surface area contributed by atoms with Gasteiger partial charge < -0.3 is 4.74 Å². The topological polar surface area (TPSA) is 46.6 Å². The molecule has 1 aliphatic heterocycles. The molecule has 150 valence electrons. The highest BCUT2D eigenvalue weighted by Crippen LogP contribution is 2.43. The van der Waals surface area contributed by atoms with E-state index in [1.807, 2.05) is 66.7 Å². The second-order valence-corrected chi connectivity index (χ2v) is 9.21. The molecule has 4 aromatic carbocycles. The zero-order valence-electron chi connectivity index (χ0n) is 16.3. The Kier molecular flexibility index (Phi) is 4.87. The molecule has 2 atom stereocenters. The highest BCUT2D eigenvalue weighted by Gasteiger charge is 2.44. The summed E-state index contributed by atoms with van der Waals surface area (Å²) in [4.78, 5) is 0.266. The van der Waals surface area contributed by atoms with E-state index in [0.29, 0.717) is 6.61 Å². The van der Waals surface area contributed by atoms with E-state index in [1.54, 1.807) is 24.3 Å². The SMILES string of the molecule is O=S(=O)(c1ccccc1)N1C(c2ccc3ccccc3c2)COC1c1ccccc1. The van der Waals surface area contributed by atoms with Crippen molar-refractivity contribution in [1.82, 2.24) is 4.31 Å². The number of nitrogens with zero attached hydrogens (tertiary/aromatic N) is 1. The predicted octanol–water partition coefficient (Wildman–Crippen LogP) is 5.30. The first-order valence-electron chi connectivity index (χ1n) is 9.88. The Bertz CT molecular complexity index is 1270. The molecule has 1 aliphatic rings. The van der Waals surface area contributed by atoms with Crippen molar-refractivity contribution in [2.24, 2.45) is 0 Å². The Morgan fingerprint density at radius 2 is 1.33 bits per heavy atom. The molecule has 0 amide bonds. The fourth-order valence-corrected chi connectivity index (χ4v) is 5.72. The second kappa shape index (κ2) is 7.69. The number of benzene rings is 4. The van der Waals surface area contributed by atoms with Crippen LogP contribution in [-0.4, -0.2) is 19.3 Å². The van der Waals surface area contributed by atoms with Crippen molar-refractivity contribution >= 4 is 20.8 Å². The molecule has 0 N–H and O–H groups in total. The lowest BCUT2D eigenvalue weighted by Crippen LogP contribution is -2.33. The van der Waals surface area contributed by atoms with Crippen LogP contribution in [0.1, 0.15) is 23.4 Å². The molecule has 30 heavy (non-hydrogen) atoms. The lowest BCUT2D eigenvalue weighted by atomic mass is 10.0. The zero-order valence-corrected chi connectivity index (χ0v) is 17.1. The molecule has 4 aromatic rings. The molecule has 5 heteroatoms. The van der Waals surface area contributed by atoms with E-state index >= 15 is 0 Å². The van der Waals surface area contributed by atoms with Crippen molar-refractivity contribution in [1.29, 1.82) is 0 Å². The Morgan fingerprint density at radius 3 is 2.07 bits per heavy atom. The first kappa shape index (κ1) is 19.0. The van der Waals surface area contributed by atoms with Gasteiger partial charge in [0.05, 0.1) is 17.5 Å². The van der Waals surface area contributed by atoms with Gasteiger partial charge in [-0.25, -0.2) is 8.42 Å². The maximum Gasteiger partial charge on any atom is 0.246 e. The Labute approximate surface area is 176 Å². The first-order chi connectivity index (χ1) is 14.6. The van der Waals surface area contributed by atoms with Crippen LogP contribution in [0.2, 0.25) is 0 Å². The minimum absolute atomic E-state index is 0.266. The van der Waals surface area contributed by atoms with Gasteiger partial charge in [-0.1, -0.05) is 84.9 Å². The van der Waals surface area contributed by atoms with E-state index in [1.165, 1.54) is 4.31 Å². The standard InChI is InChI=1S/C25H21NO3S/c27-30(28,23-13-5-2-6-14-23)26-24(18-29-25(26)20-10-3-1-4-11-20)22-16-15-19-9-7-8-12-21(19)17-22/h1-17,24-25H,18H2. The van der Waals surface area contributed by atoms with Gasteiger partial charge in [-0.15, -0.1) is 0 Å². The summed E-state index contributed by atoms with van der Waals surface area (Å²) < 4.78 is 35.0. The van der Waals surface area contributed by atoms with Crippen LogP contribution in [0.15, 0.2) is 108 Å². The molecule has 0 radical (unpaired) electrons. The van der Waals surface area contributed by atoms with Gasteiger partial charge in [-0.05, 0) is 40.1 Å². The number of fused-ring (bicyclic) bond motifs is 1. The molecule has 0 spiro atoms. The summed E-state index contributed by atoms with van der Waals surface area (Å²) in [5.74, 6) is 0. The van der Waals surface area contributed by atoms with Gasteiger partial charge in [0, 0.05) is 0 Å². The first-order valence-corrected chi connectivity index (χ1v) is 11.3. The van der Waals surface area contributed by atoms with E-state index in [0.717, 1.165) is 21.9 Å². The van der Waals surface area contributed by atoms with Gasteiger partial charge in [-0.2, -0.15) is 4.31 Å². The quantitative estimate of drug-likeness (QED) is 0.454. The smallest absolute Gasteiger partial charge is 0.246 e. The molecule has 0 aromatic heterocycles. The molecule has 0 saturated carbocycles. The second-order valence-electron chi connectivity index (χ2n) is 7.37. The van der Waals surface area contributed by atoms with Crippen LogP contribution >= 0.6 is 0 Å². The van der Waals surface area contributed by atoms with E-state index in [4.69, 9.17) is 4.74 Å². The fourth-order valence-electron chi connectivity index (χ4n) is 4.02. The van der Waals surface area contributed by atoms with Crippen LogP contribution in [0.25, 0.3) is 10.8 Å². The van der Waals surface area contributed by atoms with Crippen LogP contribution in [0, 0.1) is 0 Å². The molecule has 0 bridgehead atoms. The number of hydrogen-bond donors (Lipinski definition) is 0. The minimum atomic E-state index is -3.78. The summed E-state index contributed by atoms with van der Waals surface area (Å²) in [5, 5.41) is 2.20. The lowest BCUT2D eigenvalue weighted by Gasteiger charge is -2.28. The van der Waals surface area contributed by atoms with Crippen LogP contribution < -0.4 is 0 Å². The molecular weight excluding hydrogens is 394 g/mol. The number of ether oxygens (including phenoxy) is 1. The van der Waals surface area contributed by atoms with Crippen molar-refractivity contribution in [2.75, 3.05) is 6.61 Å². The van der Waals surface area contributed by atoms with Gasteiger partial charge in [0.15, 0.2) is 6.23 Å². The molecule has 5 rings (SSSR count). The van der Waals surface area contributed by atoms with Crippen LogP contribution in [-0.2, 0) is 14.8 Å². The van der Waals surface area contributed by atoms with Crippen LogP contribution in [0.4, 0.5) is 0 Å². The molecule has 2 unspecified atom stereocenters. The highest BCUT2D eigenvalue weighted by atomic mass is 32.2. The monoisotopic (exact) mass is 415 g/mol. The van der Waals surface area contributed by atoms with E-state index < -0.39 is 22.3 Å². The number of sulfonamides is 1. The van der Waals surface area contributed by atoms with Crippen LogP contribution in [0.3, 0.4) is 0 Å². The van der Waals surface area contributed by atoms with Crippen molar-refractivity contribution in [3.63, 3.8) is 0 Å². The third-order valence-electron chi connectivity index (χ3n) is 5.51. The van der Waals surface area contributed by atoms with Gasteiger partial charge >= 0.3 is 0 Å². The van der Waals surface area contributed by atoms with E-state index in [2.05, 4.69) is 12.1 Å². The molecule has 1 heterocycles. The molecule has 0 aliphatic carbocycles. The third-order valence-corrected chi connectivity index (χ3v) is 7.38. The summed E-state index contributed by atoms with van der Waals surface area (Å²) in [6, 6.07) is 31.8.